The maximum atomic E-state index is 11.5. The molecule has 0 aliphatic rings. The Morgan fingerprint density at radius 3 is 2.69 bits per heavy atom. The normalized spacial score (nSPS) is 12.9. The van der Waals surface area contributed by atoms with Crippen LogP contribution in [0.2, 0.25) is 0 Å². The Kier molecular flexibility index (Phi) is 9.75. The van der Waals surface area contributed by atoms with E-state index in [2.05, 4.69) is 15.5 Å². The van der Waals surface area contributed by atoms with Crippen LogP contribution in [-0.2, 0) is 4.79 Å². The highest BCUT2D eigenvalue weighted by Gasteiger charge is 2.19. The van der Waals surface area contributed by atoms with Crippen molar-refractivity contribution in [2.45, 2.75) is 26.3 Å². The molecule has 0 aromatic carbocycles. The lowest BCUT2D eigenvalue weighted by Gasteiger charge is -2.16. The molecule has 94 valence electrons. The van der Waals surface area contributed by atoms with Crippen LogP contribution in [0.1, 0.15) is 20.3 Å². The van der Waals surface area contributed by atoms with Crippen LogP contribution in [0.5, 0.6) is 0 Å². The molecule has 3 N–H and O–H groups in total. The van der Waals surface area contributed by atoms with E-state index in [0.717, 1.165) is 6.42 Å². The van der Waals surface area contributed by atoms with Crippen LogP contribution in [0, 0.1) is 5.92 Å². The van der Waals surface area contributed by atoms with Crippen molar-refractivity contribution < 1.29 is 4.79 Å². The highest BCUT2D eigenvalue weighted by molar-refractivity contribution is 7.13. The molecular formula is C8H16Cl2N4OS. The molecule has 0 bridgehead atoms. The molecule has 0 aliphatic heterocycles. The van der Waals surface area contributed by atoms with Gasteiger partial charge in [-0.15, -0.1) is 35.0 Å². The standard InChI is InChI=1S/C8H14N4OS.2ClH/c1-3-5(2)6(9)7(13)11-8-12-10-4-14-8;;/h4-6H,3,9H2,1-2H3,(H,11,12,13);2*1H/t5-,6-;;/m0../s1. The van der Waals surface area contributed by atoms with E-state index in [9.17, 15) is 4.79 Å². The van der Waals surface area contributed by atoms with Gasteiger partial charge < -0.3 is 5.73 Å². The second-order valence-electron chi connectivity index (χ2n) is 3.14. The third kappa shape index (κ3) is 5.07. The van der Waals surface area contributed by atoms with Crippen molar-refractivity contribution in [3.63, 3.8) is 0 Å². The highest BCUT2D eigenvalue weighted by Crippen LogP contribution is 2.11. The minimum atomic E-state index is -0.483. The number of hydrogen-bond acceptors (Lipinski definition) is 5. The number of nitrogens with two attached hydrogens (primary N) is 1. The van der Waals surface area contributed by atoms with Gasteiger partial charge in [0, 0.05) is 0 Å². The maximum absolute atomic E-state index is 11.5. The number of anilines is 1. The Morgan fingerprint density at radius 1 is 1.62 bits per heavy atom. The topological polar surface area (TPSA) is 80.9 Å². The number of nitrogens with one attached hydrogen (secondary N) is 1. The summed E-state index contributed by atoms with van der Waals surface area (Å²) in [4.78, 5) is 11.5. The average Bonchev–Trinajstić information content (AvgIpc) is 2.68. The van der Waals surface area contributed by atoms with E-state index in [-0.39, 0.29) is 36.6 Å². The summed E-state index contributed by atoms with van der Waals surface area (Å²) in [5, 5.41) is 10.4. The number of carbonyl (C=O) groups is 1. The van der Waals surface area contributed by atoms with E-state index in [4.69, 9.17) is 5.73 Å². The molecule has 0 spiro atoms. The van der Waals surface area contributed by atoms with Crippen molar-refractivity contribution in [1.82, 2.24) is 10.2 Å². The zero-order valence-electron chi connectivity index (χ0n) is 9.04. The van der Waals surface area contributed by atoms with E-state index >= 15 is 0 Å². The lowest BCUT2D eigenvalue weighted by molar-refractivity contribution is -0.118. The quantitative estimate of drug-likeness (QED) is 0.883. The number of aromatic nitrogens is 2. The number of halogens is 2. The van der Waals surface area contributed by atoms with Crippen molar-refractivity contribution >= 4 is 47.2 Å². The van der Waals surface area contributed by atoms with Crippen molar-refractivity contribution in [3.05, 3.63) is 5.51 Å². The van der Waals surface area contributed by atoms with Crippen LogP contribution >= 0.6 is 36.2 Å². The van der Waals surface area contributed by atoms with E-state index < -0.39 is 6.04 Å². The highest BCUT2D eigenvalue weighted by atomic mass is 35.5. The van der Waals surface area contributed by atoms with Crippen LogP contribution in [0.25, 0.3) is 0 Å². The SMILES string of the molecule is CC[C@H](C)[C@H](N)C(=O)Nc1nncs1.Cl.Cl. The molecule has 1 rings (SSSR count). The number of rotatable bonds is 4. The molecule has 0 unspecified atom stereocenters. The van der Waals surface area contributed by atoms with Gasteiger partial charge in [0.1, 0.15) is 5.51 Å². The fraction of sp³-hybridized carbons (Fsp3) is 0.625. The third-order valence-corrected chi connectivity index (χ3v) is 2.76. The summed E-state index contributed by atoms with van der Waals surface area (Å²) in [6.07, 6.45) is 0.880. The van der Waals surface area contributed by atoms with Crippen LogP contribution in [-0.4, -0.2) is 22.1 Å². The monoisotopic (exact) mass is 286 g/mol. The molecule has 1 amide bonds. The number of hydrogen-bond donors (Lipinski definition) is 2. The lowest BCUT2D eigenvalue weighted by atomic mass is 10.00. The minimum absolute atomic E-state index is 0. The van der Waals surface area contributed by atoms with Crippen molar-refractivity contribution in [3.8, 4) is 0 Å². The van der Waals surface area contributed by atoms with E-state index in [1.807, 2.05) is 13.8 Å². The molecule has 5 nitrogen and oxygen atoms in total. The predicted octanol–water partition coefficient (Wildman–Crippen LogP) is 1.69. The lowest BCUT2D eigenvalue weighted by Crippen LogP contribution is -2.40. The molecule has 0 radical (unpaired) electrons. The Balaban J connectivity index is 0. The summed E-state index contributed by atoms with van der Waals surface area (Å²) in [5.41, 5.74) is 7.29. The Hall–Kier alpha value is -0.430. The first-order chi connectivity index (χ1) is 6.65. The maximum Gasteiger partial charge on any atom is 0.243 e. The third-order valence-electron chi connectivity index (χ3n) is 2.15. The minimum Gasteiger partial charge on any atom is -0.320 e. The molecule has 0 fully saturated rings. The van der Waals surface area contributed by atoms with Crippen molar-refractivity contribution in [2.24, 2.45) is 11.7 Å². The van der Waals surface area contributed by atoms with Gasteiger partial charge in [0.2, 0.25) is 11.0 Å². The zero-order valence-corrected chi connectivity index (χ0v) is 11.5. The summed E-state index contributed by atoms with van der Waals surface area (Å²) >= 11 is 1.28. The molecule has 16 heavy (non-hydrogen) atoms. The molecule has 0 saturated heterocycles. The van der Waals surface area contributed by atoms with Gasteiger partial charge in [-0.05, 0) is 5.92 Å². The van der Waals surface area contributed by atoms with E-state index in [1.165, 1.54) is 11.3 Å². The number of nitrogens with zero attached hydrogens (tertiary/aromatic N) is 2. The smallest absolute Gasteiger partial charge is 0.243 e. The summed E-state index contributed by atoms with van der Waals surface area (Å²) < 4.78 is 0. The van der Waals surface area contributed by atoms with Crippen molar-refractivity contribution in [2.75, 3.05) is 5.32 Å². The summed E-state index contributed by atoms with van der Waals surface area (Å²) in [6.45, 7) is 3.95. The van der Waals surface area contributed by atoms with Crippen LogP contribution < -0.4 is 11.1 Å². The van der Waals surface area contributed by atoms with Gasteiger partial charge in [0.05, 0.1) is 6.04 Å². The molecule has 0 aliphatic carbocycles. The summed E-state index contributed by atoms with van der Waals surface area (Å²) in [7, 11) is 0. The molecular weight excluding hydrogens is 271 g/mol. The van der Waals surface area contributed by atoms with Crippen molar-refractivity contribution in [1.29, 1.82) is 0 Å². The van der Waals surface area contributed by atoms with Gasteiger partial charge >= 0.3 is 0 Å². The largest absolute Gasteiger partial charge is 0.320 e. The van der Waals surface area contributed by atoms with Gasteiger partial charge in [-0.2, -0.15) is 0 Å². The van der Waals surface area contributed by atoms with E-state index in [0.29, 0.717) is 5.13 Å². The molecule has 2 atom stereocenters. The molecule has 0 saturated carbocycles. The Labute approximate surface area is 111 Å². The summed E-state index contributed by atoms with van der Waals surface area (Å²) in [5.74, 6) is -0.0287. The van der Waals surface area contributed by atoms with Crippen LogP contribution in [0.15, 0.2) is 5.51 Å². The second kappa shape index (κ2) is 8.69. The van der Waals surface area contributed by atoms with Gasteiger partial charge in [0.25, 0.3) is 0 Å². The zero-order chi connectivity index (χ0) is 10.6. The first-order valence-corrected chi connectivity index (χ1v) is 5.35. The molecule has 1 heterocycles. The van der Waals surface area contributed by atoms with Gasteiger partial charge in [0.15, 0.2) is 0 Å². The fourth-order valence-electron chi connectivity index (χ4n) is 0.929. The van der Waals surface area contributed by atoms with Gasteiger partial charge in [-0.3, -0.25) is 10.1 Å². The second-order valence-corrected chi connectivity index (χ2v) is 3.98. The van der Waals surface area contributed by atoms with E-state index in [1.54, 1.807) is 5.51 Å². The molecule has 8 heteroatoms. The molecule has 1 aromatic rings. The van der Waals surface area contributed by atoms with Gasteiger partial charge in [-0.25, -0.2) is 0 Å². The number of carbonyl (C=O) groups excluding carboxylic acids is 1. The first kappa shape index (κ1) is 17.9. The predicted molar refractivity (Wildman–Crippen MR) is 70.5 cm³/mol. The van der Waals surface area contributed by atoms with Gasteiger partial charge in [-0.1, -0.05) is 31.6 Å². The molecule has 1 aromatic heterocycles. The number of amides is 1. The average molecular weight is 287 g/mol. The Morgan fingerprint density at radius 2 is 2.25 bits per heavy atom. The fourth-order valence-corrected chi connectivity index (χ4v) is 1.38. The van der Waals surface area contributed by atoms with Crippen LogP contribution in [0.3, 0.4) is 0 Å². The summed E-state index contributed by atoms with van der Waals surface area (Å²) in [6, 6.07) is -0.483. The van der Waals surface area contributed by atoms with Crippen LogP contribution in [0.4, 0.5) is 5.13 Å². The first-order valence-electron chi connectivity index (χ1n) is 4.47. The Bertz CT molecular complexity index is 296.